The molecule has 0 saturated heterocycles. The molecule has 0 aliphatic carbocycles. The van der Waals surface area contributed by atoms with E-state index in [9.17, 15) is 4.79 Å². The lowest BCUT2D eigenvalue weighted by Gasteiger charge is -1.97. The predicted octanol–water partition coefficient (Wildman–Crippen LogP) is 4.54. The summed E-state index contributed by atoms with van der Waals surface area (Å²) in [5, 5.41) is 0.692. The number of hydrogen-bond acceptors (Lipinski definition) is 1. The first-order chi connectivity index (χ1) is 8.65. The van der Waals surface area contributed by atoms with Crippen LogP contribution in [0.2, 0.25) is 5.02 Å². The quantitative estimate of drug-likeness (QED) is 0.582. The van der Waals surface area contributed by atoms with Crippen molar-refractivity contribution in [1.82, 2.24) is 0 Å². The first-order valence-electron chi connectivity index (χ1n) is 5.70. The third-order valence-electron chi connectivity index (χ3n) is 2.63. The molecule has 0 unspecified atom stereocenters. The number of benzene rings is 2. The van der Waals surface area contributed by atoms with Crippen molar-refractivity contribution < 1.29 is 4.79 Å². The molecule has 0 radical (unpaired) electrons. The van der Waals surface area contributed by atoms with Crippen molar-refractivity contribution in [3.63, 3.8) is 0 Å². The summed E-state index contributed by atoms with van der Waals surface area (Å²) >= 11 is 5.79. The molecule has 0 aliphatic heterocycles. The van der Waals surface area contributed by atoms with E-state index in [0.717, 1.165) is 11.1 Å². The second-order valence-corrected chi connectivity index (χ2v) is 4.55. The van der Waals surface area contributed by atoms with Crippen molar-refractivity contribution in [1.29, 1.82) is 0 Å². The van der Waals surface area contributed by atoms with Gasteiger partial charge in [-0.05, 0) is 30.7 Å². The van der Waals surface area contributed by atoms with Crippen LogP contribution in [-0.2, 0) is 0 Å². The lowest BCUT2D eigenvalue weighted by Crippen LogP contribution is -1.93. The number of ketones is 1. The summed E-state index contributed by atoms with van der Waals surface area (Å²) in [5.41, 5.74) is 2.80. The number of halogens is 1. The summed E-state index contributed by atoms with van der Waals surface area (Å²) in [7, 11) is 0. The van der Waals surface area contributed by atoms with Crippen LogP contribution in [0.1, 0.15) is 21.5 Å². The number of allylic oxidation sites excluding steroid dienone is 1. The van der Waals surface area contributed by atoms with E-state index in [1.165, 1.54) is 0 Å². The SMILES string of the molecule is Cc1ccc(C(=O)/C=C/c2ccc(Cl)cc2)cc1. The maximum absolute atomic E-state index is 11.9. The maximum atomic E-state index is 11.9. The predicted molar refractivity (Wildman–Crippen MR) is 76.0 cm³/mol. The molecule has 2 aromatic carbocycles. The van der Waals surface area contributed by atoms with E-state index in [-0.39, 0.29) is 5.78 Å². The molecule has 0 fully saturated rings. The van der Waals surface area contributed by atoms with Crippen molar-refractivity contribution in [3.8, 4) is 0 Å². The molecule has 0 aliphatic rings. The Morgan fingerprint density at radius 2 is 1.61 bits per heavy atom. The highest BCUT2D eigenvalue weighted by molar-refractivity contribution is 6.30. The van der Waals surface area contributed by atoms with Gasteiger partial charge in [-0.1, -0.05) is 59.6 Å². The number of aryl methyl sites for hydroxylation is 1. The molecule has 2 aromatic rings. The second-order valence-electron chi connectivity index (χ2n) is 4.12. The highest BCUT2D eigenvalue weighted by Crippen LogP contribution is 2.11. The monoisotopic (exact) mass is 256 g/mol. The zero-order valence-electron chi connectivity index (χ0n) is 10.1. The summed E-state index contributed by atoms with van der Waals surface area (Å²) in [5.74, 6) is 0.00458. The maximum Gasteiger partial charge on any atom is 0.185 e. The molecular formula is C16H13ClO. The molecule has 0 aromatic heterocycles. The normalized spacial score (nSPS) is 10.8. The summed E-state index contributed by atoms with van der Waals surface area (Å²) in [6, 6.07) is 14.9. The lowest BCUT2D eigenvalue weighted by atomic mass is 10.1. The Morgan fingerprint density at radius 3 is 2.22 bits per heavy atom. The van der Waals surface area contributed by atoms with Crippen LogP contribution in [0.3, 0.4) is 0 Å². The minimum Gasteiger partial charge on any atom is -0.289 e. The molecule has 2 heteroatoms. The van der Waals surface area contributed by atoms with E-state index in [1.807, 2.05) is 43.3 Å². The zero-order chi connectivity index (χ0) is 13.0. The van der Waals surface area contributed by atoms with E-state index >= 15 is 0 Å². The van der Waals surface area contributed by atoms with Gasteiger partial charge in [0.25, 0.3) is 0 Å². The van der Waals surface area contributed by atoms with Gasteiger partial charge in [0.15, 0.2) is 5.78 Å². The fourth-order valence-corrected chi connectivity index (χ4v) is 1.69. The summed E-state index contributed by atoms with van der Waals surface area (Å²) in [6.45, 7) is 2.00. The van der Waals surface area contributed by atoms with Crippen LogP contribution in [0.5, 0.6) is 0 Å². The van der Waals surface area contributed by atoms with Crippen LogP contribution in [0.25, 0.3) is 6.08 Å². The Balaban J connectivity index is 2.11. The average Bonchev–Trinajstić information content (AvgIpc) is 2.38. The topological polar surface area (TPSA) is 17.1 Å². The standard InChI is InChI=1S/C16H13ClO/c1-12-2-7-14(8-3-12)16(18)11-6-13-4-9-15(17)10-5-13/h2-11H,1H3/b11-6+. The van der Waals surface area contributed by atoms with Crippen LogP contribution in [0.4, 0.5) is 0 Å². The Labute approximate surface area is 112 Å². The lowest BCUT2D eigenvalue weighted by molar-refractivity contribution is 0.104. The van der Waals surface area contributed by atoms with Gasteiger partial charge in [-0.3, -0.25) is 4.79 Å². The number of rotatable bonds is 3. The minimum absolute atomic E-state index is 0.00458. The molecule has 0 saturated carbocycles. The van der Waals surface area contributed by atoms with Gasteiger partial charge in [-0.15, -0.1) is 0 Å². The molecule has 18 heavy (non-hydrogen) atoms. The third-order valence-corrected chi connectivity index (χ3v) is 2.89. The van der Waals surface area contributed by atoms with Crippen molar-refractivity contribution in [3.05, 3.63) is 76.3 Å². The highest BCUT2D eigenvalue weighted by atomic mass is 35.5. The van der Waals surface area contributed by atoms with Crippen molar-refractivity contribution >= 4 is 23.5 Å². The van der Waals surface area contributed by atoms with Crippen LogP contribution in [0, 0.1) is 6.92 Å². The molecule has 0 N–H and O–H groups in total. The smallest absolute Gasteiger partial charge is 0.185 e. The summed E-state index contributed by atoms with van der Waals surface area (Å²) < 4.78 is 0. The summed E-state index contributed by atoms with van der Waals surface area (Å²) in [6.07, 6.45) is 3.37. The van der Waals surface area contributed by atoms with E-state index in [0.29, 0.717) is 10.6 Å². The first kappa shape index (κ1) is 12.6. The Kier molecular flexibility index (Phi) is 3.96. The van der Waals surface area contributed by atoms with E-state index in [2.05, 4.69) is 0 Å². The van der Waals surface area contributed by atoms with Gasteiger partial charge in [-0.25, -0.2) is 0 Å². The Morgan fingerprint density at radius 1 is 1.00 bits per heavy atom. The van der Waals surface area contributed by atoms with Crippen molar-refractivity contribution in [2.45, 2.75) is 6.92 Å². The molecule has 0 amide bonds. The molecular weight excluding hydrogens is 244 g/mol. The van der Waals surface area contributed by atoms with Gasteiger partial charge in [0.2, 0.25) is 0 Å². The van der Waals surface area contributed by atoms with Gasteiger partial charge in [0.05, 0.1) is 0 Å². The van der Waals surface area contributed by atoms with Gasteiger partial charge in [-0.2, -0.15) is 0 Å². The summed E-state index contributed by atoms with van der Waals surface area (Å²) in [4.78, 5) is 11.9. The minimum atomic E-state index is 0.00458. The highest BCUT2D eigenvalue weighted by Gasteiger charge is 2.00. The van der Waals surface area contributed by atoms with E-state index in [4.69, 9.17) is 11.6 Å². The number of carbonyl (C=O) groups excluding carboxylic acids is 1. The van der Waals surface area contributed by atoms with Crippen LogP contribution < -0.4 is 0 Å². The molecule has 90 valence electrons. The Bertz CT molecular complexity index is 565. The van der Waals surface area contributed by atoms with E-state index < -0.39 is 0 Å². The van der Waals surface area contributed by atoms with Crippen molar-refractivity contribution in [2.75, 3.05) is 0 Å². The van der Waals surface area contributed by atoms with Crippen LogP contribution >= 0.6 is 11.6 Å². The molecule has 2 rings (SSSR count). The average molecular weight is 257 g/mol. The first-order valence-corrected chi connectivity index (χ1v) is 6.07. The Hall–Kier alpha value is -1.86. The van der Waals surface area contributed by atoms with Crippen LogP contribution in [0.15, 0.2) is 54.6 Å². The number of carbonyl (C=O) groups is 1. The second kappa shape index (κ2) is 5.65. The van der Waals surface area contributed by atoms with Crippen molar-refractivity contribution in [2.24, 2.45) is 0 Å². The van der Waals surface area contributed by atoms with Gasteiger partial charge >= 0.3 is 0 Å². The molecule has 0 bridgehead atoms. The van der Waals surface area contributed by atoms with E-state index in [1.54, 1.807) is 24.3 Å². The largest absolute Gasteiger partial charge is 0.289 e. The molecule has 0 spiro atoms. The molecule has 0 atom stereocenters. The van der Waals surface area contributed by atoms with Gasteiger partial charge < -0.3 is 0 Å². The molecule has 1 nitrogen and oxygen atoms in total. The van der Waals surface area contributed by atoms with Gasteiger partial charge in [0, 0.05) is 10.6 Å². The molecule has 0 heterocycles. The zero-order valence-corrected chi connectivity index (χ0v) is 10.8. The fraction of sp³-hybridized carbons (Fsp3) is 0.0625. The fourth-order valence-electron chi connectivity index (χ4n) is 1.56. The third kappa shape index (κ3) is 3.31. The van der Waals surface area contributed by atoms with Crippen LogP contribution in [-0.4, -0.2) is 5.78 Å². The number of hydrogen-bond donors (Lipinski definition) is 0. The van der Waals surface area contributed by atoms with Gasteiger partial charge in [0.1, 0.15) is 0 Å².